The van der Waals surface area contributed by atoms with Gasteiger partial charge in [-0.3, -0.25) is 4.79 Å². The molecule has 2 aromatic carbocycles. The van der Waals surface area contributed by atoms with Crippen LogP contribution in [0.3, 0.4) is 0 Å². The van der Waals surface area contributed by atoms with Crippen molar-refractivity contribution in [3.8, 4) is 5.75 Å². The number of carbonyl (C=O) groups excluding carboxylic acids is 1. The summed E-state index contributed by atoms with van der Waals surface area (Å²) in [6, 6.07) is 15.3. The van der Waals surface area contributed by atoms with Crippen molar-refractivity contribution in [1.82, 2.24) is 0 Å². The first-order chi connectivity index (χ1) is 10.8. The fourth-order valence-corrected chi connectivity index (χ4v) is 2.70. The van der Waals surface area contributed by atoms with Gasteiger partial charge in [-0.2, -0.15) is 0 Å². The Morgan fingerprint density at radius 1 is 1.04 bits per heavy atom. The van der Waals surface area contributed by atoms with E-state index in [1.165, 1.54) is 17.0 Å². The van der Waals surface area contributed by atoms with Crippen molar-refractivity contribution < 1.29 is 17.9 Å². The normalized spacial score (nSPS) is 12.5. The molecule has 23 heavy (non-hydrogen) atoms. The van der Waals surface area contributed by atoms with Gasteiger partial charge in [0.1, 0.15) is 5.75 Å². The quantitative estimate of drug-likeness (QED) is 0.843. The van der Waals surface area contributed by atoms with Gasteiger partial charge in [0.15, 0.2) is 15.9 Å². The number of carbonyl (C=O) groups is 1. The molecule has 0 aliphatic carbocycles. The minimum absolute atomic E-state index is 0.191. The van der Waals surface area contributed by atoms with E-state index in [9.17, 15) is 13.2 Å². The van der Waals surface area contributed by atoms with E-state index >= 15 is 0 Å². The number of benzene rings is 2. The summed E-state index contributed by atoms with van der Waals surface area (Å²) in [5.41, 5.74) is 0.778. The Hall–Kier alpha value is -2.34. The molecule has 0 heterocycles. The molecule has 1 atom stereocenters. The molecule has 0 N–H and O–H groups in total. The van der Waals surface area contributed by atoms with E-state index in [2.05, 4.69) is 0 Å². The maximum atomic E-state index is 12.4. The monoisotopic (exact) mass is 333 g/mol. The minimum Gasteiger partial charge on any atom is -0.481 e. The van der Waals surface area contributed by atoms with Crippen molar-refractivity contribution in [2.75, 3.05) is 18.2 Å². The SMILES string of the molecule is CC(Oc1ccc(S(C)(=O)=O)cc1)C(=O)N(C)c1ccccc1. The Balaban J connectivity index is 2.06. The molecule has 2 aromatic rings. The van der Waals surface area contributed by atoms with E-state index in [0.717, 1.165) is 11.9 Å². The highest BCUT2D eigenvalue weighted by atomic mass is 32.2. The fourth-order valence-electron chi connectivity index (χ4n) is 2.07. The number of amides is 1. The number of likely N-dealkylation sites (N-methyl/N-ethyl adjacent to an activating group) is 1. The number of ether oxygens (including phenoxy) is 1. The van der Waals surface area contributed by atoms with E-state index in [0.29, 0.717) is 5.75 Å². The lowest BCUT2D eigenvalue weighted by Gasteiger charge is -2.22. The molecule has 0 spiro atoms. The molecule has 0 radical (unpaired) electrons. The lowest BCUT2D eigenvalue weighted by Crippen LogP contribution is -2.37. The molecule has 122 valence electrons. The summed E-state index contributed by atoms with van der Waals surface area (Å²) in [5, 5.41) is 0. The van der Waals surface area contributed by atoms with Gasteiger partial charge >= 0.3 is 0 Å². The van der Waals surface area contributed by atoms with Crippen molar-refractivity contribution in [3.63, 3.8) is 0 Å². The number of nitrogens with zero attached hydrogens (tertiary/aromatic N) is 1. The van der Waals surface area contributed by atoms with Crippen LogP contribution in [0.4, 0.5) is 5.69 Å². The van der Waals surface area contributed by atoms with E-state index in [1.807, 2.05) is 30.3 Å². The highest BCUT2D eigenvalue weighted by Gasteiger charge is 2.20. The van der Waals surface area contributed by atoms with Crippen molar-refractivity contribution >= 4 is 21.4 Å². The predicted molar refractivity (Wildman–Crippen MR) is 89.5 cm³/mol. The summed E-state index contributed by atoms with van der Waals surface area (Å²) < 4.78 is 28.4. The van der Waals surface area contributed by atoms with Crippen molar-refractivity contribution in [2.24, 2.45) is 0 Å². The van der Waals surface area contributed by atoms with Gasteiger partial charge in [0.25, 0.3) is 5.91 Å². The highest BCUT2D eigenvalue weighted by Crippen LogP contribution is 2.19. The summed E-state index contributed by atoms with van der Waals surface area (Å²) in [6.07, 6.45) is 0.452. The largest absolute Gasteiger partial charge is 0.481 e. The predicted octanol–water partition coefficient (Wildman–Crippen LogP) is 2.52. The van der Waals surface area contributed by atoms with Crippen LogP contribution in [0.25, 0.3) is 0 Å². The minimum atomic E-state index is -3.24. The molecule has 0 bridgehead atoms. The van der Waals surface area contributed by atoms with Gasteiger partial charge in [0.05, 0.1) is 4.90 Å². The zero-order chi connectivity index (χ0) is 17.0. The molecule has 0 saturated carbocycles. The molecule has 5 nitrogen and oxygen atoms in total. The summed E-state index contributed by atoms with van der Waals surface area (Å²) in [5.74, 6) is 0.253. The number of hydrogen-bond acceptors (Lipinski definition) is 4. The Labute approximate surface area is 136 Å². The first kappa shape index (κ1) is 17.0. The molecule has 0 fully saturated rings. The van der Waals surface area contributed by atoms with Gasteiger partial charge < -0.3 is 9.64 Å². The molecular weight excluding hydrogens is 314 g/mol. The molecule has 1 amide bonds. The van der Waals surface area contributed by atoms with Crippen molar-refractivity contribution in [1.29, 1.82) is 0 Å². The van der Waals surface area contributed by atoms with E-state index < -0.39 is 15.9 Å². The standard InChI is InChI=1S/C17H19NO4S/c1-13(17(19)18(2)14-7-5-4-6-8-14)22-15-9-11-16(12-10-15)23(3,20)21/h4-13H,1-3H3. The third-order valence-corrected chi connectivity index (χ3v) is 4.52. The van der Waals surface area contributed by atoms with Crippen LogP contribution in [0.2, 0.25) is 0 Å². The second-order valence-electron chi connectivity index (χ2n) is 5.24. The first-order valence-corrected chi connectivity index (χ1v) is 8.97. The van der Waals surface area contributed by atoms with Crippen LogP contribution in [-0.2, 0) is 14.6 Å². The average Bonchev–Trinajstić information content (AvgIpc) is 2.54. The molecular formula is C17H19NO4S. The lowest BCUT2D eigenvalue weighted by atomic mass is 10.2. The number of rotatable bonds is 5. The number of sulfone groups is 1. The van der Waals surface area contributed by atoms with Crippen LogP contribution >= 0.6 is 0 Å². The van der Waals surface area contributed by atoms with Gasteiger partial charge in [-0.05, 0) is 43.3 Å². The summed E-state index contributed by atoms with van der Waals surface area (Å²) in [4.78, 5) is 14.1. The third kappa shape index (κ3) is 4.32. The van der Waals surface area contributed by atoms with Gasteiger partial charge in [0.2, 0.25) is 0 Å². The molecule has 1 unspecified atom stereocenters. The maximum absolute atomic E-state index is 12.4. The van der Waals surface area contributed by atoms with Crippen LogP contribution < -0.4 is 9.64 Å². The zero-order valence-electron chi connectivity index (χ0n) is 13.3. The van der Waals surface area contributed by atoms with Crippen LogP contribution in [0.15, 0.2) is 59.5 Å². The van der Waals surface area contributed by atoms with E-state index in [-0.39, 0.29) is 10.8 Å². The van der Waals surface area contributed by atoms with Crippen molar-refractivity contribution in [3.05, 3.63) is 54.6 Å². The Bertz CT molecular complexity index is 770. The van der Waals surface area contributed by atoms with E-state index in [1.54, 1.807) is 26.1 Å². The van der Waals surface area contributed by atoms with Crippen LogP contribution in [0.1, 0.15) is 6.92 Å². The smallest absolute Gasteiger partial charge is 0.267 e. The molecule has 0 saturated heterocycles. The van der Waals surface area contributed by atoms with Gasteiger partial charge in [0, 0.05) is 19.0 Å². The maximum Gasteiger partial charge on any atom is 0.267 e. The Kier molecular flexibility index (Phi) is 5.05. The lowest BCUT2D eigenvalue weighted by molar-refractivity contribution is -0.124. The molecule has 2 rings (SSSR count). The molecule has 0 aromatic heterocycles. The Morgan fingerprint density at radius 2 is 1.61 bits per heavy atom. The summed E-state index contributed by atoms with van der Waals surface area (Å²) >= 11 is 0. The van der Waals surface area contributed by atoms with Crippen LogP contribution in [0, 0.1) is 0 Å². The molecule has 0 aliphatic rings. The fraction of sp³-hybridized carbons (Fsp3) is 0.235. The number of hydrogen-bond donors (Lipinski definition) is 0. The van der Waals surface area contributed by atoms with E-state index in [4.69, 9.17) is 4.74 Å². The third-order valence-electron chi connectivity index (χ3n) is 3.39. The molecule has 0 aliphatic heterocycles. The topological polar surface area (TPSA) is 63.7 Å². The summed E-state index contributed by atoms with van der Waals surface area (Å²) in [6.45, 7) is 1.66. The van der Waals surface area contributed by atoms with Crippen molar-refractivity contribution in [2.45, 2.75) is 17.9 Å². The van der Waals surface area contributed by atoms with Crippen LogP contribution in [-0.4, -0.2) is 33.7 Å². The number of para-hydroxylation sites is 1. The Morgan fingerprint density at radius 3 is 2.13 bits per heavy atom. The average molecular weight is 333 g/mol. The van der Waals surface area contributed by atoms with Gasteiger partial charge in [-0.15, -0.1) is 0 Å². The first-order valence-electron chi connectivity index (χ1n) is 7.08. The molecule has 6 heteroatoms. The van der Waals surface area contributed by atoms with Gasteiger partial charge in [-0.1, -0.05) is 18.2 Å². The summed E-state index contributed by atoms with van der Waals surface area (Å²) in [7, 11) is -1.56. The van der Waals surface area contributed by atoms with Crippen LogP contribution in [0.5, 0.6) is 5.75 Å². The second-order valence-corrected chi connectivity index (χ2v) is 7.25. The second kappa shape index (κ2) is 6.83. The van der Waals surface area contributed by atoms with Gasteiger partial charge in [-0.25, -0.2) is 8.42 Å². The number of anilines is 1. The highest BCUT2D eigenvalue weighted by molar-refractivity contribution is 7.90. The zero-order valence-corrected chi connectivity index (χ0v) is 14.1.